The Morgan fingerprint density at radius 3 is 2.91 bits per heavy atom. The van der Waals surface area contributed by atoms with Gasteiger partial charge in [0, 0.05) is 18.2 Å². The summed E-state index contributed by atoms with van der Waals surface area (Å²) in [5.41, 5.74) is 2.35. The fourth-order valence-electron chi connectivity index (χ4n) is 2.35. The predicted molar refractivity (Wildman–Crippen MR) is 85.1 cm³/mol. The Kier molecular flexibility index (Phi) is 4.52. The van der Waals surface area contributed by atoms with Gasteiger partial charge >= 0.3 is 0 Å². The largest absolute Gasteiger partial charge is 0.496 e. The van der Waals surface area contributed by atoms with Crippen molar-refractivity contribution in [3.63, 3.8) is 0 Å². The van der Waals surface area contributed by atoms with Gasteiger partial charge in [-0.05, 0) is 24.3 Å². The monoisotopic (exact) mass is 311 g/mol. The molecule has 0 fully saturated rings. The third-order valence-corrected chi connectivity index (χ3v) is 3.55. The third kappa shape index (κ3) is 3.48. The summed E-state index contributed by atoms with van der Waals surface area (Å²) in [7, 11) is 1.60. The maximum atomic E-state index is 12.2. The van der Waals surface area contributed by atoms with Gasteiger partial charge in [-0.25, -0.2) is 0 Å². The van der Waals surface area contributed by atoms with Gasteiger partial charge in [0.15, 0.2) is 0 Å². The lowest BCUT2D eigenvalue weighted by molar-refractivity contribution is -0.131. The molecule has 6 heteroatoms. The molecule has 0 bridgehead atoms. The van der Waals surface area contributed by atoms with E-state index in [2.05, 4.69) is 15.5 Å². The van der Waals surface area contributed by atoms with Crippen molar-refractivity contribution in [2.75, 3.05) is 7.11 Å². The number of hydrogen-bond donors (Lipinski definition) is 1. The summed E-state index contributed by atoms with van der Waals surface area (Å²) in [5, 5.41) is 6.84. The summed E-state index contributed by atoms with van der Waals surface area (Å²) in [6.07, 6.45) is 1.48. The summed E-state index contributed by atoms with van der Waals surface area (Å²) >= 11 is 0. The molecule has 0 radical (unpaired) electrons. The Labute approximate surface area is 134 Å². The van der Waals surface area contributed by atoms with Crippen molar-refractivity contribution in [3.05, 3.63) is 59.9 Å². The fourth-order valence-corrected chi connectivity index (χ4v) is 2.35. The number of hydrogen-bond acceptors (Lipinski definition) is 5. The molecule has 2 aromatic rings. The van der Waals surface area contributed by atoms with E-state index in [-0.39, 0.29) is 5.91 Å². The lowest BCUT2D eigenvalue weighted by Crippen LogP contribution is -2.34. The van der Waals surface area contributed by atoms with Gasteiger partial charge in [0.05, 0.1) is 25.1 Å². The number of ether oxygens (including phenoxy) is 1. The number of carbonyl (C=O) groups is 1. The number of para-hydroxylation sites is 1. The van der Waals surface area contributed by atoms with Crippen LogP contribution in [0.4, 0.5) is 0 Å². The van der Waals surface area contributed by atoms with E-state index in [0.29, 0.717) is 24.4 Å². The maximum Gasteiger partial charge on any atom is 0.264 e. The summed E-state index contributed by atoms with van der Waals surface area (Å²) in [6, 6.07) is 13.1. The van der Waals surface area contributed by atoms with Gasteiger partial charge in [0.2, 0.25) is 6.10 Å². The standard InChI is InChI=1S/C17H17N3O3/c1-22-15-8-3-2-7-13(15)14-10-16(23-20-14)17(21)19-11-12-6-4-5-9-18-12/h2-9,16H,10-11H2,1H3,(H,19,21)/t16-/m0/s1. The topological polar surface area (TPSA) is 72.8 Å². The zero-order valence-electron chi connectivity index (χ0n) is 12.7. The van der Waals surface area contributed by atoms with Gasteiger partial charge < -0.3 is 14.9 Å². The van der Waals surface area contributed by atoms with Crippen LogP contribution in [0.3, 0.4) is 0 Å². The van der Waals surface area contributed by atoms with E-state index in [4.69, 9.17) is 9.57 Å². The first-order valence-electron chi connectivity index (χ1n) is 7.31. The molecule has 1 aromatic heterocycles. The van der Waals surface area contributed by atoms with E-state index in [1.807, 2.05) is 42.5 Å². The van der Waals surface area contributed by atoms with Gasteiger partial charge in [-0.15, -0.1) is 0 Å². The fraction of sp³-hybridized carbons (Fsp3) is 0.235. The molecule has 0 aliphatic carbocycles. The molecule has 1 aromatic carbocycles. The molecule has 1 amide bonds. The lowest BCUT2D eigenvalue weighted by atomic mass is 10.0. The number of nitrogens with one attached hydrogen (secondary N) is 1. The molecule has 1 atom stereocenters. The molecule has 0 saturated heterocycles. The average Bonchev–Trinajstić information content (AvgIpc) is 3.10. The Morgan fingerprint density at radius 1 is 1.30 bits per heavy atom. The van der Waals surface area contributed by atoms with Gasteiger partial charge in [0.1, 0.15) is 5.75 Å². The van der Waals surface area contributed by atoms with Crippen molar-refractivity contribution in [1.29, 1.82) is 0 Å². The number of carbonyl (C=O) groups excluding carboxylic acids is 1. The minimum Gasteiger partial charge on any atom is -0.496 e. The van der Waals surface area contributed by atoms with Crippen LogP contribution >= 0.6 is 0 Å². The maximum absolute atomic E-state index is 12.2. The number of rotatable bonds is 5. The van der Waals surface area contributed by atoms with Gasteiger partial charge in [-0.3, -0.25) is 9.78 Å². The van der Waals surface area contributed by atoms with E-state index in [9.17, 15) is 4.79 Å². The van der Waals surface area contributed by atoms with E-state index in [1.54, 1.807) is 13.3 Å². The van der Waals surface area contributed by atoms with Crippen LogP contribution in [0, 0.1) is 0 Å². The van der Waals surface area contributed by atoms with Crippen molar-refractivity contribution in [3.8, 4) is 5.75 Å². The molecule has 0 unspecified atom stereocenters. The lowest BCUT2D eigenvalue weighted by Gasteiger charge is -2.09. The molecule has 23 heavy (non-hydrogen) atoms. The number of nitrogens with zero attached hydrogens (tertiary/aromatic N) is 2. The number of oxime groups is 1. The molecule has 6 nitrogen and oxygen atoms in total. The Bertz CT molecular complexity index is 716. The zero-order chi connectivity index (χ0) is 16.1. The highest BCUT2D eigenvalue weighted by atomic mass is 16.6. The first-order valence-corrected chi connectivity index (χ1v) is 7.31. The van der Waals surface area contributed by atoms with Crippen molar-refractivity contribution in [2.24, 2.45) is 5.16 Å². The third-order valence-electron chi connectivity index (χ3n) is 3.55. The van der Waals surface area contributed by atoms with Crippen molar-refractivity contribution >= 4 is 11.6 Å². The Morgan fingerprint density at radius 2 is 2.13 bits per heavy atom. The molecule has 0 saturated carbocycles. The average molecular weight is 311 g/mol. The second-order valence-corrected chi connectivity index (χ2v) is 5.08. The first-order chi connectivity index (χ1) is 11.3. The smallest absolute Gasteiger partial charge is 0.264 e. The van der Waals surface area contributed by atoms with Crippen LogP contribution in [0.15, 0.2) is 53.8 Å². The van der Waals surface area contributed by atoms with Crippen molar-refractivity contribution in [1.82, 2.24) is 10.3 Å². The second kappa shape index (κ2) is 6.91. The summed E-state index contributed by atoms with van der Waals surface area (Å²) < 4.78 is 5.31. The molecule has 1 N–H and O–H groups in total. The number of aromatic nitrogens is 1. The van der Waals surface area contributed by atoms with Crippen LogP contribution in [0.2, 0.25) is 0 Å². The molecule has 118 valence electrons. The minimum atomic E-state index is -0.626. The van der Waals surface area contributed by atoms with Crippen LogP contribution in [0.25, 0.3) is 0 Å². The molecular formula is C17H17N3O3. The molecule has 1 aliphatic rings. The number of methoxy groups -OCH3 is 1. The van der Waals surface area contributed by atoms with Crippen molar-refractivity contribution in [2.45, 2.75) is 19.1 Å². The van der Waals surface area contributed by atoms with Crippen molar-refractivity contribution < 1.29 is 14.4 Å². The molecule has 2 heterocycles. The SMILES string of the molecule is COc1ccccc1C1=NO[C@H](C(=O)NCc2ccccn2)C1. The molecular weight excluding hydrogens is 294 g/mol. The van der Waals surface area contributed by atoms with E-state index in [1.165, 1.54) is 0 Å². The highest BCUT2D eigenvalue weighted by molar-refractivity contribution is 6.05. The molecule has 1 aliphatic heterocycles. The van der Waals surface area contributed by atoms with E-state index >= 15 is 0 Å². The van der Waals surface area contributed by atoms with Crippen LogP contribution < -0.4 is 10.1 Å². The summed E-state index contributed by atoms with van der Waals surface area (Å²) in [4.78, 5) is 21.6. The molecule has 0 spiro atoms. The van der Waals surface area contributed by atoms with Crippen LogP contribution in [-0.2, 0) is 16.2 Å². The molecule has 3 rings (SSSR count). The van der Waals surface area contributed by atoms with E-state index < -0.39 is 6.10 Å². The van der Waals surface area contributed by atoms with E-state index in [0.717, 1.165) is 11.3 Å². The predicted octanol–water partition coefficient (Wildman–Crippen LogP) is 1.90. The van der Waals surface area contributed by atoms with Crippen LogP contribution in [0.1, 0.15) is 17.7 Å². The number of amides is 1. The van der Waals surface area contributed by atoms with Gasteiger partial charge in [-0.2, -0.15) is 0 Å². The zero-order valence-corrected chi connectivity index (χ0v) is 12.7. The van der Waals surface area contributed by atoms with Crippen LogP contribution in [0.5, 0.6) is 5.75 Å². The summed E-state index contributed by atoms with van der Waals surface area (Å²) in [6.45, 7) is 0.365. The van der Waals surface area contributed by atoms with Gasteiger partial charge in [0.25, 0.3) is 5.91 Å². The normalized spacial score (nSPS) is 16.4. The highest BCUT2D eigenvalue weighted by Crippen LogP contribution is 2.24. The summed E-state index contributed by atoms with van der Waals surface area (Å²) in [5.74, 6) is 0.508. The Hall–Kier alpha value is -2.89. The highest BCUT2D eigenvalue weighted by Gasteiger charge is 2.29. The Balaban J connectivity index is 1.59. The van der Waals surface area contributed by atoms with Gasteiger partial charge in [-0.1, -0.05) is 23.4 Å². The number of benzene rings is 1. The minimum absolute atomic E-state index is 0.204. The second-order valence-electron chi connectivity index (χ2n) is 5.08. The number of pyridine rings is 1. The quantitative estimate of drug-likeness (QED) is 0.915. The first kappa shape index (κ1) is 15.0. The van der Waals surface area contributed by atoms with Crippen LogP contribution in [-0.4, -0.2) is 29.8 Å².